The summed E-state index contributed by atoms with van der Waals surface area (Å²) in [4.78, 5) is 26.0. The van der Waals surface area contributed by atoms with E-state index in [1.807, 2.05) is 50.2 Å². The molecule has 0 bridgehead atoms. The van der Waals surface area contributed by atoms with Gasteiger partial charge in [-0.1, -0.05) is 25.3 Å². The first-order chi connectivity index (χ1) is 19.4. The van der Waals surface area contributed by atoms with Gasteiger partial charge in [0.15, 0.2) is 0 Å². The average molecular weight is 545 g/mol. The lowest BCUT2D eigenvalue weighted by Crippen LogP contribution is -2.12. The second-order valence-electron chi connectivity index (χ2n) is 9.22. The molecule has 8 heteroatoms. The van der Waals surface area contributed by atoms with E-state index in [2.05, 4.69) is 22.3 Å². The molecule has 40 heavy (non-hydrogen) atoms. The Bertz CT molecular complexity index is 1460. The van der Waals surface area contributed by atoms with Gasteiger partial charge in [-0.3, -0.25) is 0 Å². The third kappa shape index (κ3) is 5.47. The highest BCUT2D eigenvalue weighted by Gasteiger charge is 2.24. The summed E-state index contributed by atoms with van der Waals surface area (Å²) < 4.78 is 26.5. The molecule has 0 unspecified atom stereocenters. The molecule has 2 aromatic heterocycles. The number of hydrogen-bond acceptors (Lipinski definition) is 6. The summed E-state index contributed by atoms with van der Waals surface area (Å²) in [6, 6.07) is 11.4. The molecule has 4 rings (SSSR count). The fraction of sp³-hybridized carbons (Fsp3) is 0.312. The van der Waals surface area contributed by atoms with Crippen molar-refractivity contribution in [1.82, 2.24) is 9.13 Å². The molecule has 0 saturated heterocycles. The lowest BCUT2D eigenvalue weighted by molar-refractivity contribution is 0.0517. The second-order valence-corrected chi connectivity index (χ2v) is 9.22. The normalized spacial score (nSPS) is 11.0. The zero-order valence-electron chi connectivity index (χ0n) is 23.6. The van der Waals surface area contributed by atoms with Crippen molar-refractivity contribution in [2.45, 2.75) is 40.8 Å². The summed E-state index contributed by atoms with van der Waals surface area (Å²) in [6.07, 6.45) is 3.35. The van der Waals surface area contributed by atoms with Gasteiger partial charge in [0.05, 0.1) is 24.3 Å². The van der Waals surface area contributed by atoms with Gasteiger partial charge in [0.2, 0.25) is 0 Å². The number of rotatable bonds is 13. The van der Waals surface area contributed by atoms with Gasteiger partial charge in [-0.25, -0.2) is 9.59 Å². The van der Waals surface area contributed by atoms with Crippen LogP contribution in [0, 0.1) is 13.8 Å². The highest BCUT2D eigenvalue weighted by molar-refractivity contribution is 6.07. The maximum absolute atomic E-state index is 13.0. The van der Waals surface area contributed by atoms with E-state index in [9.17, 15) is 9.59 Å². The molecular weight excluding hydrogens is 508 g/mol. The molecule has 0 fully saturated rings. The summed E-state index contributed by atoms with van der Waals surface area (Å²) in [7, 11) is 0. The van der Waals surface area contributed by atoms with Gasteiger partial charge in [-0.05, 0) is 64.1 Å². The van der Waals surface area contributed by atoms with Gasteiger partial charge < -0.3 is 28.1 Å². The highest BCUT2D eigenvalue weighted by Crippen LogP contribution is 2.33. The van der Waals surface area contributed by atoms with Crippen molar-refractivity contribution >= 4 is 33.7 Å². The van der Waals surface area contributed by atoms with Crippen LogP contribution in [0.5, 0.6) is 11.5 Å². The van der Waals surface area contributed by atoms with Crippen molar-refractivity contribution in [3.63, 3.8) is 0 Å². The van der Waals surface area contributed by atoms with Crippen molar-refractivity contribution in [3.05, 3.63) is 84.2 Å². The van der Waals surface area contributed by atoms with E-state index in [1.165, 1.54) is 0 Å². The van der Waals surface area contributed by atoms with Crippen molar-refractivity contribution in [2.75, 3.05) is 26.4 Å². The summed E-state index contributed by atoms with van der Waals surface area (Å²) >= 11 is 0. The number of nitrogens with zero attached hydrogens (tertiary/aromatic N) is 2. The van der Waals surface area contributed by atoms with Gasteiger partial charge >= 0.3 is 11.9 Å². The smallest absolute Gasteiger partial charge is 0.340 e. The Morgan fingerprint density at radius 3 is 1.48 bits per heavy atom. The van der Waals surface area contributed by atoms with E-state index in [0.717, 1.165) is 33.2 Å². The predicted octanol–water partition coefficient (Wildman–Crippen LogP) is 6.40. The first kappa shape index (κ1) is 28.5. The third-order valence-electron chi connectivity index (χ3n) is 6.83. The molecule has 2 heterocycles. The quantitative estimate of drug-likeness (QED) is 0.143. The first-order valence-electron chi connectivity index (χ1n) is 13.4. The van der Waals surface area contributed by atoms with Crippen molar-refractivity contribution < 1.29 is 28.5 Å². The van der Waals surface area contributed by atoms with Gasteiger partial charge in [-0.15, -0.1) is 0 Å². The summed E-state index contributed by atoms with van der Waals surface area (Å²) in [5.74, 6) is 0.555. The lowest BCUT2D eigenvalue weighted by Gasteiger charge is -2.13. The summed E-state index contributed by atoms with van der Waals surface area (Å²) in [5, 5.41) is 1.53. The Morgan fingerprint density at radius 1 is 0.725 bits per heavy atom. The number of aromatic nitrogens is 2. The molecular formula is C32H36N2O6. The molecule has 0 radical (unpaired) electrons. The predicted molar refractivity (Wildman–Crippen MR) is 157 cm³/mol. The van der Waals surface area contributed by atoms with Crippen LogP contribution in [0.3, 0.4) is 0 Å². The molecule has 0 aliphatic heterocycles. The Hall–Kier alpha value is -4.46. The number of fused-ring (bicyclic) bond motifs is 2. The van der Waals surface area contributed by atoms with Gasteiger partial charge in [0, 0.05) is 46.3 Å². The first-order valence-corrected chi connectivity index (χ1v) is 13.4. The van der Waals surface area contributed by atoms with Gasteiger partial charge in [-0.2, -0.15) is 0 Å². The number of ether oxygens (including phenoxy) is 4. The largest absolute Gasteiger partial charge is 0.490 e. The van der Waals surface area contributed by atoms with Crippen molar-refractivity contribution in [1.29, 1.82) is 0 Å². The van der Waals surface area contributed by atoms with E-state index in [0.29, 0.717) is 48.9 Å². The standard InChI is InChI=1S/C32H36N2O6/c1-7-17-39-23-11-13-27-25(19-23)29(31(35)37-9-3)21(5)33(27)15-16-34-22(6)30(32(36)38-10-4)26-20-24(40-18-8-2)12-14-28(26)34/h7-8,11-14,19-20H,1-2,9-10,15-18H2,3-6H3. The SMILES string of the molecule is C=CCOc1ccc2c(c1)c(C(=O)OCC)c(C)n2CCn1c(C)c(C(=O)OCC)c2cc(OCC=C)ccc21. The highest BCUT2D eigenvalue weighted by atomic mass is 16.5. The lowest BCUT2D eigenvalue weighted by atomic mass is 10.1. The number of esters is 2. The number of hydrogen-bond donors (Lipinski definition) is 0. The molecule has 2 aromatic carbocycles. The topological polar surface area (TPSA) is 80.9 Å². The van der Waals surface area contributed by atoms with E-state index in [4.69, 9.17) is 18.9 Å². The molecule has 0 spiro atoms. The van der Waals surface area contributed by atoms with Crippen LogP contribution in [0.15, 0.2) is 61.7 Å². The van der Waals surface area contributed by atoms with Crippen LogP contribution in [0.2, 0.25) is 0 Å². The van der Waals surface area contributed by atoms with Crippen LogP contribution in [0.1, 0.15) is 46.0 Å². The molecule has 0 amide bonds. The minimum Gasteiger partial charge on any atom is -0.490 e. The Kier molecular flexibility index (Phi) is 8.99. The fourth-order valence-electron chi connectivity index (χ4n) is 5.11. The number of carbonyl (C=O) groups is 2. The molecule has 0 atom stereocenters. The Balaban J connectivity index is 1.79. The second kappa shape index (κ2) is 12.6. The van der Waals surface area contributed by atoms with E-state index >= 15 is 0 Å². The Morgan fingerprint density at radius 2 is 1.12 bits per heavy atom. The van der Waals surface area contributed by atoms with Gasteiger partial charge in [0.1, 0.15) is 24.7 Å². The summed E-state index contributed by atoms with van der Waals surface area (Å²) in [6.45, 7) is 17.2. The van der Waals surface area contributed by atoms with Crippen LogP contribution < -0.4 is 9.47 Å². The minimum absolute atomic E-state index is 0.279. The average Bonchev–Trinajstić information content (AvgIpc) is 3.38. The molecule has 210 valence electrons. The molecule has 0 N–H and O–H groups in total. The maximum Gasteiger partial charge on any atom is 0.340 e. The molecule has 0 aliphatic carbocycles. The van der Waals surface area contributed by atoms with Crippen molar-refractivity contribution in [2.24, 2.45) is 0 Å². The van der Waals surface area contributed by atoms with Crippen molar-refractivity contribution in [3.8, 4) is 11.5 Å². The minimum atomic E-state index is -0.371. The van der Waals surface area contributed by atoms with Crippen LogP contribution in [0.4, 0.5) is 0 Å². The molecule has 0 aliphatic rings. The number of aryl methyl sites for hydroxylation is 2. The monoisotopic (exact) mass is 544 g/mol. The third-order valence-corrected chi connectivity index (χ3v) is 6.83. The van der Waals surface area contributed by atoms with E-state index < -0.39 is 0 Å². The van der Waals surface area contributed by atoms with Crippen LogP contribution in [-0.2, 0) is 22.6 Å². The number of carbonyl (C=O) groups excluding carboxylic acids is 2. The number of benzene rings is 2. The molecule has 0 saturated carbocycles. The fourth-order valence-corrected chi connectivity index (χ4v) is 5.11. The Labute approximate surface area is 234 Å². The zero-order chi connectivity index (χ0) is 28.8. The van der Waals surface area contributed by atoms with E-state index in [-0.39, 0.29) is 25.2 Å². The summed E-state index contributed by atoms with van der Waals surface area (Å²) in [5.41, 5.74) is 4.43. The van der Waals surface area contributed by atoms with Gasteiger partial charge in [0.25, 0.3) is 0 Å². The maximum atomic E-state index is 13.0. The van der Waals surface area contributed by atoms with Crippen LogP contribution >= 0.6 is 0 Å². The van der Waals surface area contributed by atoms with E-state index in [1.54, 1.807) is 26.0 Å². The van der Waals surface area contributed by atoms with Crippen LogP contribution in [-0.4, -0.2) is 47.5 Å². The molecule has 4 aromatic rings. The molecule has 8 nitrogen and oxygen atoms in total. The zero-order valence-corrected chi connectivity index (χ0v) is 23.6. The van der Waals surface area contributed by atoms with Crippen LogP contribution in [0.25, 0.3) is 21.8 Å².